The van der Waals surface area contributed by atoms with Crippen LogP contribution in [0.4, 0.5) is 19.0 Å². The maximum absolute atomic E-state index is 12.6. The zero-order valence-electron chi connectivity index (χ0n) is 9.91. The third kappa shape index (κ3) is 2.95. The van der Waals surface area contributed by atoms with E-state index in [0.717, 1.165) is 12.1 Å². The summed E-state index contributed by atoms with van der Waals surface area (Å²) in [5.41, 5.74) is 4.10. The lowest BCUT2D eigenvalue weighted by atomic mass is 10.2. The highest BCUT2D eigenvalue weighted by molar-refractivity contribution is 5.97. The van der Waals surface area contributed by atoms with Crippen LogP contribution < -0.4 is 10.6 Å². The number of nitrogens with zero attached hydrogens (tertiary/aromatic N) is 2. The van der Waals surface area contributed by atoms with E-state index in [1.54, 1.807) is 4.90 Å². The van der Waals surface area contributed by atoms with Gasteiger partial charge in [0, 0.05) is 13.1 Å². The molecule has 1 saturated heterocycles. The van der Waals surface area contributed by atoms with E-state index in [9.17, 15) is 18.0 Å². The fraction of sp³-hybridized carbons (Fsp3) is 0.455. The summed E-state index contributed by atoms with van der Waals surface area (Å²) in [6, 6.07) is 1.81. The average molecular weight is 275 g/mol. The second-order valence-electron chi connectivity index (χ2n) is 4.03. The summed E-state index contributed by atoms with van der Waals surface area (Å²) < 4.78 is 43.0. The molecule has 1 aliphatic rings. The number of aromatic nitrogens is 1. The van der Waals surface area contributed by atoms with Crippen molar-refractivity contribution in [1.29, 1.82) is 0 Å². The van der Waals surface area contributed by atoms with Gasteiger partial charge in [-0.1, -0.05) is 0 Å². The molecule has 1 amide bonds. The van der Waals surface area contributed by atoms with Crippen molar-refractivity contribution in [3.63, 3.8) is 0 Å². The number of carbonyl (C=O) groups excluding carboxylic acids is 1. The van der Waals surface area contributed by atoms with E-state index >= 15 is 0 Å². The Bertz CT molecular complexity index is 485. The van der Waals surface area contributed by atoms with Crippen LogP contribution >= 0.6 is 0 Å². The quantitative estimate of drug-likeness (QED) is 0.875. The zero-order chi connectivity index (χ0) is 14.0. The number of amides is 1. The fourth-order valence-electron chi connectivity index (χ4n) is 1.81. The first-order valence-corrected chi connectivity index (χ1v) is 5.60. The van der Waals surface area contributed by atoms with Crippen molar-refractivity contribution in [3.8, 4) is 0 Å². The van der Waals surface area contributed by atoms with Crippen molar-refractivity contribution < 1.29 is 22.7 Å². The van der Waals surface area contributed by atoms with Gasteiger partial charge in [0.05, 0.1) is 18.8 Å². The predicted octanol–water partition coefficient (Wildman–Crippen LogP) is 1.04. The van der Waals surface area contributed by atoms with Gasteiger partial charge in [-0.25, -0.2) is 4.98 Å². The third-order valence-corrected chi connectivity index (χ3v) is 2.74. The number of alkyl halides is 3. The molecule has 2 heterocycles. The summed E-state index contributed by atoms with van der Waals surface area (Å²) in [6.07, 6.45) is -4.56. The second kappa shape index (κ2) is 5.04. The molecule has 0 radical (unpaired) electrons. The van der Waals surface area contributed by atoms with E-state index in [1.165, 1.54) is 0 Å². The van der Waals surface area contributed by atoms with Crippen LogP contribution in [0.15, 0.2) is 12.1 Å². The lowest BCUT2D eigenvalue weighted by Crippen LogP contribution is -2.38. The number of halogens is 3. The Labute approximate surface area is 107 Å². The molecule has 2 N–H and O–H groups in total. The summed E-state index contributed by atoms with van der Waals surface area (Å²) in [4.78, 5) is 16.4. The van der Waals surface area contributed by atoms with Gasteiger partial charge in [0.15, 0.2) is 0 Å². The number of morpholine rings is 1. The van der Waals surface area contributed by atoms with E-state index in [1.807, 2.05) is 0 Å². The topological polar surface area (TPSA) is 68.5 Å². The van der Waals surface area contributed by atoms with Crippen LogP contribution in [-0.2, 0) is 10.9 Å². The number of pyridine rings is 1. The van der Waals surface area contributed by atoms with Gasteiger partial charge >= 0.3 is 6.18 Å². The maximum atomic E-state index is 12.6. The van der Waals surface area contributed by atoms with Gasteiger partial charge in [0.25, 0.3) is 5.91 Å². The van der Waals surface area contributed by atoms with Crippen molar-refractivity contribution in [2.45, 2.75) is 6.18 Å². The molecule has 0 unspecified atom stereocenters. The van der Waals surface area contributed by atoms with Gasteiger partial charge in [0.2, 0.25) is 0 Å². The Hall–Kier alpha value is -1.83. The minimum Gasteiger partial charge on any atom is -0.378 e. The van der Waals surface area contributed by atoms with Gasteiger partial charge in [-0.05, 0) is 12.1 Å². The maximum Gasteiger partial charge on any atom is 0.433 e. The van der Waals surface area contributed by atoms with Crippen molar-refractivity contribution in [3.05, 3.63) is 23.4 Å². The van der Waals surface area contributed by atoms with E-state index in [-0.39, 0.29) is 11.4 Å². The second-order valence-corrected chi connectivity index (χ2v) is 4.03. The van der Waals surface area contributed by atoms with Gasteiger partial charge in [-0.3, -0.25) is 4.79 Å². The molecular formula is C11H12F3N3O2. The number of anilines is 1. The number of hydrogen-bond donors (Lipinski definition) is 1. The lowest BCUT2D eigenvalue weighted by molar-refractivity contribution is -0.141. The minimum absolute atomic E-state index is 0.0186. The molecule has 1 aromatic rings. The number of nitrogens with two attached hydrogens (primary N) is 1. The Morgan fingerprint density at radius 3 is 2.47 bits per heavy atom. The third-order valence-electron chi connectivity index (χ3n) is 2.74. The molecule has 19 heavy (non-hydrogen) atoms. The summed E-state index contributed by atoms with van der Waals surface area (Å²) in [6.45, 7) is 1.48. The average Bonchev–Trinajstić information content (AvgIpc) is 2.38. The van der Waals surface area contributed by atoms with Crippen LogP contribution in [0.25, 0.3) is 0 Å². The summed E-state index contributed by atoms with van der Waals surface area (Å²) in [5, 5.41) is 0. The first-order chi connectivity index (χ1) is 8.89. The monoisotopic (exact) mass is 275 g/mol. The molecule has 2 rings (SSSR count). The van der Waals surface area contributed by atoms with Crippen LogP contribution in [0.1, 0.15) is 16.1 Å². The Kier molecular flexibility index (Phi) is 3.61. The van der Waals surface area contributed by atoms with Gasteiger partial charge in [0.1, 0.15) is 11.5 Å². The normalized spacial score (nSPS) is 16.5. The van der Waals surface area contributed by atoms with Gasteiger partial charge in [-0.2, -0.15) is 13.2 Å². The number of primary amides is 1. The summed E-state index contributed by atoms with van der Waals surface area (Å²) in [7, 11) is 0. The van der Waals surface area contributed by atoms with E-state index in [0.29, 0.717) is 26.3 Å². The van der Waals surface area contributed by atoms with E-state index in [2.05, 4.69) is 4.98 Å². The van der Waals surface area contributed by atoms with Crippen molar-refractivity contribution in [2.24, 2.45) is 5.73 Å². The summed E-state index contributed by atoms with van der Waals surface area (Å²) >= 11 is 0. The number of ether oxygens (including phenoxy) is 1. The van der Waals surface area contributed by atoms with Crippen molar-refractivity contribution in [2.75, 3.05) is 31.2 Å². The lowest BCUT2D eigenvalue weighted by Gasteiger charge is -2.29. The van der Waals surface area contributed by atoms with Crippen LogP contribution in [0.5, 0.6) is 0 Å². The molecular weight excluding hydrogens is 263 g/mol. The molecule has 0 atom stereocenters. The van der Waals surface area contributed by atoms with E-state index < -0.39 is 17.8 Å². The predicted molar refractivity (Wildman–Crippen MR) is 60.8 cm³/mol. The Balaban J connectivity index is 2.44. The highest BCUT2D eigenvalue weighted by atomic mass is 19.4. The van der Waals surface area contributed by atoms with Gasteiger partial charge in [-0.15, -0.1) is 0 Å². The molecule has 5 nitrogen and oxygen atoms in total. The smallest absolute Gasteiger partial charge is 0.378 e. The Morgan fingerprint density at radius 1 is 1.32 bits per heavy atom. The Morgan fingerprint density at radius 2 is 1.95 bits per heavy atom. The zero-order valence-corrected chi connectivity index (χ0v) is 9.91. The van der Waals surface area contributed by atoms with Crippen LogP contribution in [0.3, 0.4) is 0 Å². The fourth-order valence-corrected chi connectivity index (χ4v) is 1.81. The summed E-state index contributed by atoms with van der Waals surface area (Å²) in [5.74, 6) is -0.839. The molecule has 0 aromatic carbocycles. The first-order valence-electron chi connectivity index (χ1n) is 5.60. The van der Waals surface area contributed by atoms with Gasteiger partial charge < -0.3 is 15.4 Å². The van der Waals surface area contributed by atoms with Crippen LogP contribution in [0.2, 0.25) is 0 Å². The molecule has 104 valence electrons. The molecule has 1 fully saturated rings. The molecule has 0 aliphatic carbocycles. The number of rotatable bonds is 2. The van der Waals surface area contributed by atoms with Crippen LogP contribution in [-0.4, -0.2) is 37.2 Å². The highest BCUT2D eigenvalue weighted by Crippen LogP contribution is 2.30. The molecule has 0 bridgehead atoms. The largest absolute Gasteiger partial charge is 0.433 e. The SMILES string of the molecule is NC(=O)c1ccc(C(F)(F)F)nc1N1CCOCC1. The van der Waals surface area contributed by atoms with Crippen molar-refractivity contribution in [1.82, 2.24) is 4.98 Å². The molecule has 0 spiro atoms. The van der Waals surface area contributed by atoms with Crippen LogP contribution in [0, 0.1) is 0 Å². The first kappa shape index (κ1) is 13.6. The molecule has 0 saturated carbocycles. The molecule has 1 aromatic heterocycles. The van der Waals surface area contributed by atoms with E-state index in [4.69, 9.17) is 10.5 Å². The standard InChI is InChI=1S/C11H12F3N3O2/c12-11(13,14)8-2-1-7(9(15)18)10(16-8)17-3-5-19-6-4-17/h1-2H,3-6H2,(H2,15,18). The number of carbonyl (C=O) groups is 1. The molecule has 8 heteroatoms. The highest BCUT2D eigenvalue weighted by Gasteiger charge is 2.34. The van der Waals surface area contributed by atoms with Crippen molar-refractivity contribution >= 4 is 11.7 Å². The number of hydrogen-bond acceptors (Lipinski definition) is 4. The minimum atomic E-state index is -4.56. The molecule has 1 aliphatic heterocycles.